The van der Waals surface area contributed by atoms with Crippen LogP contribution in [0.3, 0.4) is 0 Å². The van der Waals surface area contributed by atoms with Crippen LogP contribution in [0, 0.1) is 0 Å². The topological polar surface area (TPSA) is 60.3 Å². The number of ether oxygens (including phenoxy) is 1. The Balaban J connectivity index is 1.60. The second-order valence-electron chi connectivity index (χ2n) is 7.22. The van der Waals surface area contributed by atoms with Crippen LogP contribution in [0.2, 0.25) is 0 Å². The van der Waals surface area contributed by atoms with Gasteiger partial charge in [-0.1, -0.05) is 48.5 Å². The first-order chi connectivity index (χ1) is 13.7. The number of nitrogens with zero attached hydrogens (tertiary/aromatic N) is 1. The molecule has 2 aromatic carbocycles. The van der Waals surface area contributed by atoms with Gasteiger partial charge in [-0.2, -0.15) is 0 Å². The van der Waals surface area contributed by atoms with Crippen molar-refractivity contribution in [1.29, 1.82) is 0 Å². The van der Waals surface area contributed by atoms with Gasteiger partial charge in [0, 0.05) is 5.56 Å². The number of aromatic nitrogens is 1. The number of esters is 1. The first-order valence-corrected chi connectivity index (χ1v) is 9.75. The molecule has 0 aliphatic carbocycles. The molecule has 4 rings (SSSR count). The van der Waals surface area contributed by atoms with Gasteiger partial charge in [-0.25, -0.2) is 0 Å². The third-order valence-electron chi connectivity index (χ3n) is 5.36. The summed E-state index contributed by atoms with van der Waals surface area (Å²) in [4.78, 5) is 25.5. The second kappa shape index (κ2) is 8.40. The van der Waals surface area contributed by atoms with Crippen LogP contribution in [0.1, 0.15) is 29.9 Å². The molecule has 2 heterocycles. The van der Waals surface area contributed by atoms with Gasteiger partial charge in [0.25, 0.3) is 5.56 Å². The van der Waals surface area contributed by atoms with E-state index in [0.29, 0.717) is 0 Å². The van der Waals surface area contributed by atoms with Gasteiger partial charge < -0.3 is 10.1 Å². The van der Waals surface area contributed by atoms with Crippen molar-refractivity contribution in [3.63, 3.8) is 0 Å². The third kappa shape index (κ3) is 3.99. The lowest BCUT2D eigenvalue weighted by Crippen LogP contribution is -2.32. The molecule has 0 unspecified atom stereocenters. The van der Waals surface area contributed by atoms with Crippen molar-refractivity contribution < 1.29 is 9.53 Å². The average molecular weight is 376 g/mol. The molecule has 1 aromatic heterocycles. The summed E-state index contributed by atoms with van der Waals surface area (Å²) in [6.45, 7) is 1.77. The molecule has 5 heteroatoms. The molecule has 0 saturated carbocycles. The molecule has 0 spiro atoms. The van der Waals surface area contributed by atoms with Gasteiger partial charge in [-0.3, -0.25) is 14.2 Å². The van der Waals surface area contributed by atoms with Crippen molar-refractivity contribution >= 4 is 16.9 Å². The van der Waals surface area contributed by atoms with Gasteiger partial charge in [-0.15, -0.1) is 0 Å². The molecule has 0 bridgehead atoms. The molecule has 1 N–H and O–H groups in total. The minimum Gasteiger partial charge on any atom is -0.444 e. The Morgan fingerprint density at radius 1 is 1.04 bits per heavy atom. The van der Waals surface area contributed by atoms with E-state index in [1.54, 1.807) is 4.57 Å². The van der Waals surface area contributed by atoms with Gasteiger partial charge in [0.2, 0.25) is 0 Å². The van der Waals surface area contributed by atoms with Crippen LogP contribution < -0.4 is 10.9 Å². The molecule has 0 radical (unpaired) electrons. The molecule has 1 aliphatic rings. The number of nitrogens with one attached hydrogen (secondary N) is 1. The third-order valence-corrected chi connectivity index (χ3v) is 5.36. The summed E-state index contributed by atoms with van der Waals surface area (Å²) < 4.78 is 7.07. The zero-order valence-corrected chi connectivity index (χ0v) is 15.8. The zero-order valence-electron chi connectivity index (χ0n) is 15.8. The minimum atomic E-state index is -0.338. The Bertz CT molecular complexity index is 1020. The van der Waals surface area contributed by atoms with E-state index in [1.165, 1.54) is 0 Å². The Morgan fingerprint density at radius 3 is 2.54 bits per heavy atom. The molecule has 3 aromatic rings. The fourth-order valence-electron chi connectivity index (χ4n) is 3.85. The van der Waals surface area contributed by atoms with Crippen LogP contribution in [-0.2, 0) is 22.7 Å². The van der Waals surface area contributed by atoms with E-state index in [4.69, 9.17) is 4.74 Å². The monoisotopic (exact) mass is 376 g/mol. The minimum absolute atomic E-state index is 0.0573. The number of fused-ring (bicyclic) bond motifs is 1. The highest BCUT2D eigenvalue weighted by Crippen LogP contribution is 2.25. The number of carbonyl (C=O) groups is 1. The molecular formula is C23H24N2O3. The van der Waals surface area contributed by atoms with Crippen LogP contribution in [-0.4, -0.2) is 23.6 Å². The quantitative estimate of drug-likeness (QED) is 0.695. The lowest BCUT2D eigenvalue weighted by Gasteiger charge is -2.23. The highest BCUT2D eigenvalue weighted by atomic mass is 16.5. The van der Waals surface area contributed by atoms with E-state index in [1.807, 2.05) is 60.7 Å². The van der Waals surface area contributed by atoms with Crippen LogP contribution in [0.25, 0.3) is 10.9 Å². The van der Waals surface area contributed by atoms with Crippen molar-refractivity contribution in [2.45, 2.75) is 31.9 Å². The van der Waals surface area contributed by atoms with Crippen molar-refractivity contribution in [1.82, 2.24) is 9.88 Å². The Kier molecular flexibility index (Phi) is 5.53. The lowest BCUT2D eigenvalue weighted by atomic mass is 9.90. The summed E-state index contributed by atoms with van der Waals surface area (Å²) in [5.41, 5.74) is 2.45. The Hall–Kier alpha value is -2.92. The smallest absolute Gasteiger partial charge is 0.311 e. The molecule has 1 aliphatic heterocycles. The maximum Gasteiger partial charge on any atom is 0.311 e. The molecule has 5 nitrogen and oxygen atoms in total. The van der Waals surface area contributed by atoms with Gasteiger partial charge in [0.1, 0.15) is 0 Å². The Morgan fingerprint density at radius 2 is 1.75 bits per heavy atom. The summed E-state index contributed by atoms with van der Waals surface area (Å²) in [5, 5.41) is 4.34. The number of pyridine rings is 1. The number of carbonyl (C=O) groups excluding carboxylic acids is 1. The molecule has 0 amide bonds. The average Bonchev–Trinajstić information content (AvgIpc) is 2.74. The highest BCUT2D eigenvalue weighted by molar-refractivity contribution is 5.80. The Labute approximate surface area is 163 Å². The summed E-state index contributed by atoms with van der Waals surface area (Å²) in [6, 6.07) is 19.2. The fourth-order valence-corrected chi connectivity index (χ4v) is 3.85. The first-order valence-electron chi connectivity index (χ1n) is 9.75. The molecule has 28 heavy (non-hydrogen) atoms. The van der Waals surface area contributed by atoms with Crippen LogP contribution in [0.4, 0.5) is 0 Å². The standard InChI is InChI=1S/C23H24N2O3/c26-22(14-17-6-2-1-3-7-17)28-16-25-21-9-5-4-8-19(21)15-20(23(25)27)18-10-12-24-13-11-18/h1-9,15,18,24H,10-14,16H2. The second-order valence-corrected chi connectivity index (χ2v) is 7.22. The predicted molar refractivity (Wildman–Crippen MR) is 109 cm³/mol. The highest BCUT2D eigenvalue weighted by Gasteiger charge is 2.21. The molecule has 144 valence electrons. The van der Waals surface area contributed by atoms with Crippen LogP contribution >= 0.6 is 0 Å². The molecule has 1 saturated heterocycles. The number of rotatable bonds is 5. The van der Waals surface area contributed by atoms with Gasteiger partial charge in [-0.05, 0) is 54.9 Å². The van der Waals surface area contributed by atoms with E-state index < -0.39 is 0 Å². The SMILES string of the molecule is O=C(Cc1ccccc1)OCn1c(=O)c(C2CCNCC2)cc2ccccc21. The van der Waals surface area contributed by atoms with Crippen molar-refractivity contribution in [3.05, 3.63) is 82.1 Å². The van der Waals surface area contributed by atoms with E-state index in [2.05, 4.69) is 5.32 Å². The van der Waals surface area contributed by atoms with E-state index >= 15 is 0 Å². The van der Waals surface area contributed by atoms with E-state index in [0.717, 1.165) is 48.0 Å². The van der Waals surface area contributed by atoms with Crippen molar-refractivity contribution in [2.24, 2.45) is 0 Å². The van der Waals surface area contributed by atoms with Gasteiger partial charge in [0.05, 0.1) is 11.9 Å². The summed E-state index contributed by atoms with van der Waals surface area (Å²) >= 11 is 0. The van der Waals surface area contributed by atoms with E-state index in [-0.39, 0.29) is 30.6 Å². The molecule has 1 fully saturated rings. The fraction of sp³-hybridized carbons (Fsp3) is 0.304. The summed E-state index contributed by atoms with van der Waals surface area (Å²) in [7, 11) is 0. The number of hydrogen-bond donors (Lipinski definition) is 1. The predicted octanol–water partition coefficient (Wildman–Crippen LogP) is 3.21. The summed E-state index contributed by atoms with van der Waals surface area (Å²) in [5.74, 6) is -0.0981. The number of piperidine rings is 1. The molecule has 0 atom stereocenters. The maximum absolute atomic E-state index is 13.2. The number of para-hydroxylation sites is 1. The van der Waals surface area contributed by atoms with Crippen LogP contribution in [0.5, 0.6) is 0 Å². The molecular weight excluding hydrogens is 352 g/mol. The van der Waals surface area contributed by atoms with Gasteiger partial charge in [0.15, 0.2) is 6.73 Å². The van der Waals surface area contributed by atoms with Crippen molar-refractivity contribution in [2.75, 3.05) is 13.1 Å². The number of hydrogen-bond acceptors (Lipinski definition) is 4. The van der Waals surface area contributed by atoms with Crippen LogP contribution in [0.15, 0.2) is 65.5 Å². The van der Waals surface area contributed by atoms with Gasteiger partial charge >= 0.3 is 5.97 Å². The maximum atomic E-state index is 13.2. The normalized spacial score (nSPS) is 14.9. The zero-order chi connectivity index (χ0) is 19.3. The van der Waals surface area contributed by atoms with E-state index in [9.17, 15) is 9.59 Å². The first kappa shape index (κ1) is 18.4. The number of benzene rings is 2. The van der Waals surface area contributed by atoms with Crippen molar-refractivity contribution in [3.8, 4) is 0 Å². The largest absolute Gasteiger partial charge is 0.444 e. The lowest BCUT2D eigenvalue weighted by molar-refractivity contribution is -0.146. The summed E-state index contributed by atoms with van der Waals surface area (Å²) in [6.07, 6.45) is 2.09.